The molecule has 0 radical (unpaired) electrons. The molecule has 0 aliphatic carbocycles. The van der Waals surface area contributed by atoms with Crippen molar-refractivity contribution in [1.82, 2.24) is 30.3 Å². The summed E-state index contributed by atoms with van der Waals surface area (Å²) in [5, 5.41) is 10.5. The lowest BCUT2D eigenvalue weighted by molar-refractivity contribution is -0.139. The van der Waals surface area contributed by atoms with Crippen LogP contribution in [0.5, 0.6) is 0 Å². The monoisotopic (exact) mass is 336 g/mol. The summed E-state index contributed by atoms with van der Waals surface area (Å²) in [7, 11) is 1.89. The second-order valence-electron chi connectivity index (χ2n) is 6.44. The van der Waals surface area contributed by atoms with E-state index in [-0.39, 0.29) is 24.3 Å². The topological polar surface area (TPSA) is 94.8 Å². The molecule has 1 unspecified atom stereocenters. The minimum absolute atomic E-state index is 0.0443. The lowest BCUT2D eigenvalue weighted by Crippen LogP contribution is -2.56. The number of nitrogens with zero attached hydrogens (tertiary/aromatic N) is 5. The van der Waals surface area contributed by atoms with E-state index in [1.165, 1.54) is 0 Å². The molecule has 2 amide bonds. The van der Waals surface area contributed by atoms with Crippen molar-refractivity contribution < 1.29 is 14.2 Å². The van der Waals surface area contributed by atoms with E-state index in [0.29, 0.717) is 26.2 Å². The number of nitrogens with one attached hydrogen (secondary N) is 1. The fourth-order valence-corrected chi connectivity index (χ4v) is 3.13. The van der Waals surface area contributed by atoms with Crippen LogP contribution in [0.1, 0.15) is 17.8 Å². The van der Waals surface area contributed by atoms with E-state index >= 15 is 0 Å². The minimum atomic E-state index is -0.354. The van der Waals surface area contributed by atoms with Gasteiger partial charge in [0.15, 0.2) is 0 Å². The van der Waals surface area contributed by atoms with Crippen LogP contribution in [0.2, 0.25) is 0 Å². The van der Waals surface area contributed by atoms with Gasteiger partial charge in [0.05, 0.1) is 12.5 Å². The van der Waals surface area contributed by atoms with Crippen LogP contribution < -0.4 is 5.32 Å². The van der Waals surface area contributed by atoms with Crippen molar-refractivity contribution in [3.63, 3.8) is 0 Å². The molecule has 2 aliphatic rings. The summed E-state index contributed by atoms with van der Waals surface area (Å²) >= 11 is 0. The zero-order valence-electron chi connectivity index (χ0n) is 14.2. The summed E-state index contributed by atoms with van der Waals surface area (Å²) in [4.78, 5) is 30.5. The highest BCUT2D eigenvalue weighted by atomic mass is 16.6. The lowest BCUT2D eigenvalue weighted by Gasteiger charge is -2.36. The minimum Gasteiger partial charge on any atom is -0.353 e. The molecule has 0 bridgehead atoms. The first kappa shape index (κ1) is 16.8. The van der Waals surface area contributed by atoms with Gasteiger partial charge in [0.25, 0.3) is 0 Å². The highest BCUT2D eigenvalue weighted by molar-refractivity contribution is 5.88. The molecular formula is C15H24N6O3. The second kappa shape index (κ2) is 7.27. The van der Waals surface area contributed by atoms with Gasteiger partial charge in [-0.15, -0.1) is 0 Å². The summed E-state index contributed by atoms with van der Waals surface area (Å²) in [5.41, 5.74) is 1.65. The Bertz CT molecular complexity index is 596. The highest BCUT2D eigenvalue weighted by Crippen LogP contribution is 2.13. The normalized spacial score (nSPS) is 23.3. The van der Waals surface area contributed by atoms with Crippen LogP contribution in [0.3, 0.4) is 0 Å². The molecule has 3 rings (SSSR count). The largest absolute Gasteiger partial charge is 0.353 e. The van der Waals surface area contributed by atoms with E-state index < -0.39 is 0 Å². The van der Waals surface area contributed by atoms with Gasteiger partial charge >= 0.3 is 0 Å². The van der Waals surface area contributed by atoms with Crippen molar-refractivity contribution in [2.45, 2.75) is 25.9 Å². The van der Waals surface area contributed by atoms with Crippen LogP contribution in [-0.4, -0.2) is 89.2 Å². The van der Waals surface area contributed by atoms with Crippen molar-refractivity contribution in [3.8, 4) is 0 Å². The number of carbonyl (C=O) groups excluding carboxylic acids is 2. The number of hydrogen-bond acceptors (Lipinski definition) is 7. The third-order valence-electron chi connectivity index (χ3n) is 4.81. The van der Waals surface area contributed by atoms with Gasteiger partial charge in [-0.05, 0) is 14.0 Å². The maximum absolute atomic E-state index is 12.5. The Kier molecular flexibility index (Phi) is 5.10. The Balaban J connectivity index is 1.48. The maximum Gasteiger partial charge on any atom is 0.237 e. The summed E-state index contributed by atoms with van der Waals surface area (Å²) in [6.07, 6.45) is 0.245. The van der Waals surface area contributed by atoms with Crippen LogP contribution in [-0.2, 0) is 16.1 Å². The maximum atomic E-state index is 12.5. The zero-order chi connectivity index (χ0) is 17.1. The molecule has 1 atom stereocenters. The van der Waals surface area contributed by atoms with Gasteiger partial charge < -0.3 is 10.2 Å². The standard InChI is InChI=1S/C15H24N6O3/c1-11-12(18-24-17-11)10-20-5-7-21(8-6-20)14(22)9-13-15(23)16-3-4-19(13)2/h13H,3-10H2,1-2H3,(H,16,23). The van der Waals surface area contributed by atoms with Gasteiger partial charge in [-0.25, -0.2) is 4.63 Å². The van der Waals surface area contributed by atoms with Gasteiger partial charge in [-0.3, -0.25) is 19.4 Å². The number of aryl methyl sites for hydroxylation is 1. The van der Waals surface area contributed by atoms with E-state index in [0.717, 1.165) is 31.0 Å². The fraction of sp³-hybridized carbons (Fsp3) is 0.733. The fourth-order valence-electron chi connectivity index (χ4n) is 3.13. The number of amides is 2. The first-order chi connectivity index (χ1) is 11.5. The number of piperazine rings is 2. The number of carbonyl (C=O) groups is 2. The van der Waals surface area contributed by atoms with Gasteiger partial charge in [0.1, 0.15) is 11.4 Å². The van der Waals surface area contributed by atoms with E-state index in [1.54, 1.807) is 0 Å². The SMILES string of the molecule is Cc1nonc1CN1CCN(C(=O)CC2C(=O)NCCN2C)CC1. The molecule has 1 N–H and O–H groups in total. The van der Waals surface area contributed by atoms with E-state index in [2.05, 4.69) is 20.5 Å². The van der Waals surface area contributed by atoms with E-state index in [4.69, 9.17) is 4.63 Å². The van der Waals surface area contributed by atoms with Crippen molar-refractivity contribution >= 4 is 11.8 Å². The second-order valence-corrected chi connectivity index (χ2v) is 6.44. The Morgan fingerprint density at radius 1 is 1.25 bits per heavy atom. The quantitative estimate of drug-likeness (QED) is 0.741. The smallest absolute Gasteiger partial charge is 0.237 e. The average molecular weight is 336 g/mol. The molecular weight excluding hydrogens is 312 g/mol. The van der Waals surface area contributed by atoms with E-state index in [9.17, 15) is 9.59 Å². The molecule has 0 aromatic carbocycles. The molecule has 1 aromatic heterocycles. The number of rotatable bonds is 4. The van der Waals surface area contributed by atoms with E-state index in [1.807, 2.05) is 23.8 Å². The molecule has 2 fully saturated rings. The van der Waals surface area contributed by atoms with Crippen LogP contribution in [0.4, 0.5) is 0 Å². The third kappa shape index (κ3) is 3.73. The molecule has 2 aliphatic heterocycles. The third-order valence-corrected chi connectivity index (χ3v) is 4.81. The zero-order valence-corrected chi connectivity index (χ0v) is 14.2. The van der Waals surface area contributed by atoms with Crippen molar-refractivity contribution in [3.05, 3.63) is 11.4 Å². The van der Waals surface area contributed by atoms with Crippen molar-refractivity contribution in [2.75, 3.05) is 46.3 Å². The van der Waals surface area contributed by atoms with Crippen LogP contribution >= 0.6 is 0 Å². The van der Waals surface area contributed by atoms with Crippen molar-refractivity contribution in [1.29, 1.82) is 0 Å². The molecule has 0 spiro atoms. The van der Waals surface area contributed by atoms with Gasteiger partial charge in [-0.1, -0.05) is 10.3 Å². The van der Waals surface area contributed by atoms with Gasteiger partial charge in [0, 0.05) is 45.8 Å². The number of likely N-dealkylation sites (N-methyl/N-ethyl adjacent to an activating group) is 1. The molecule has 3 heterocycles. The summed E-state index contributed by atoms with van der Waals surface area (Å²) < 4.78 is 4.72. The molecule has 9 heteroatoms. The highest BCUT2D eigenvalue weighted by Gasteiger charge is 2.31. The molecule has 132 valence electrons. The first-order valence-corrected chi connectivity index (χ1v) is 8.30. The number of hydrogen-bond donors (Lipinski definition) is 1. The van der Waals surface area contributed by atoms with Crippen LogP contribution in [0, 0.1) is 6.92 Å². The van der Waals surface area contributed by atoms with Gasteiger partial charge in [0.2, 0.25) is 11.8 Å². The van der Waals surface area contributed by atoms with Crippen molar-refractivity contribution in [2.24, 2.45) is 0 Å². The average Bonchev–Trinajstić information content (AvgIpc) is 2.97. The Morgan fingerprint density at radius 2 is 2.00 bits per heavy atom. The van der Waals surface area contributed by atoms with Gasteiger partial charge in [-0.2, -0.15) is 0 Å². The molecule has 1 aromatic rings. The molecule has 9 nitrogen and oxygen atoms in total. The Labute approximate surface area is 140 Å². The predicted molar refractivity (Wildman–Crippen MR) is 84.9 cm³/mol. The summed E-state index contributed by atoms with van der Waals surface area (Å²) in [6.45, 7) is 6.89. The summed E-state index contributed by atoms with van der Waals surface area (Å²) in [5.74, 6) is -0.00687. The Hall–Kier alpha value is -2.00. The Morgan fingerprint density at radius 3 is 2.62 bits per heavy atom. The summed E-state index contributed by atoms with van der Waals surface area (Å²) in [6, 6.07) is -0.354. The first-order valence-electron chi connectivity index (χ1n) is 8.30. The van der Waals surface area contributed by atoms with Crippen LogP contribution in [0.15, 0.2) is 4.63 Å². The molecule has 2 saturated heterocycles. The molecule has 24 heavy (non-hydrogen) atoms. The number of aromatic nitrogens is 2. The predicted octanol–water partition coefficient (Wildman–Crippen LogP) is -1.16. The molecule has 0 saturated carbocycles. The van der Waals surface area contributed by atoms with Crippen LogP contribution in [0.25, 0.3) is 0 Å². The lowest BCUT2D eigenvalue weighted by atomic mass is 10.1.